The van der Waals surface area contributed by atoms with Crippen molar-refractivity contribution in [2.75, 3.05) is 5.32 Å². The molecule has 0 bridgehead atoms. The molecule has 2 aromatic rings. The number of carbonyl (C=O) groups excluding carboxylic acids is 1. The van der Waals surface area contributed by atoms with Gasteiger partial charge in [-0.05, 0) is 24.6 Å². The lowest BCUT2D eigenvalue weighted by Crippen LogP contribution is -2.15. The predicted octanol–water partition coefficient (Wildman–Crippen LogP) is 2.69. The highest BCUT2D eigenvalue weighted by molar-refractivity contribution is 6.05. The Morgan fingerprint density at radius 3 is 2.80 bits per heavy atom. The molecule has 6 nitrogen and oxygen atoms in total. The first-order chi connectivity index (χ1) is 9.49. The molecular weight excluding hydrogens is 265 g/mol. The lowest BCUT2D eigenvalue weighted by molar-refractivity contribution is -0.383. The maximum absolute atomic E-state index is 13.4. The van der Waals surface area contributed by atoms with Crippen LogP contribution in [-0.2, 0) is 0 Å². The average molecular weight is 275 g/mol. The smallest absolute Gasteiger partial charge is 0.292 e. The highest BCUT2D eigenvalue weighted by atomic mass is 19.1. The zero-order valence-corrected chi connectivity index (χ0v) is 10.5. The van der Waals surface area contributed by atoms with Crippen LogP contribution in [0.1, 0.15) is 15.9 Å². The summed E-state index contributed by atoms with van der Waals surface area (Å²) in [5.41, 5.74) is 0.284. The minimum absolute atomic E-state index is 0.0243. The second-order valence-electron chi connectivity index (χ2n) is 4.09. The molecule has 0 fully saturated rings. The van der Waals surface area contributed by atoms with Crippen LogP contribution in [0.4, 0.5) is 15.8 Å². The van der Waals surface area contributed by atoms with Crippen molar-refractivity contribution in [3.63, 3.8) is 0 Å². The van der Waals surface area contributed by atoms with E-state index in [-0.39, 0.29) is 16.9 Å². The van der Waals surface area contributed by atoms with Crippen LogP contribution >= 0.6 is 0 Å². The Morgan fingerprint density at radius 2 is 2.15 bits per heavy atom. The van der Waals surface area contributed by atoms with Gasteiger partial charge in [-0.2, -0.15) is 0 Å². The highest BCUT2D eigenvalue weighted by Gasteiger charge is 2.18. The molecule has 2 rings (SSSR count). The Balaban J connectivity index is 2.35. The zero-order valence-electron chi connectivity index (χ0n) is 10.5. The first kappa shape index (κ1) is 13.6. The Morgan fingerprint density at radius 1 is 1.40 bits per heavy atom. The van der Waals surface area contributed by atoms with Crippen molar-refractivity contribution in [1.29, 1.82) is 0 Å². The normalized spacial score (nSPS) is 10.1. The van der Waals surface area contributed by atoms with Gasteiger partial charge in [-0.15, -0.1) is 0 Å². The Labute approximate surface area is 113 Å². The van der Waals surface area contributed by atoms with Crippen molar-refractivity contribution in [2.24, 2.45) is 0 Å². The summed E-state index contributed by atoms with van der Waals surface area (Å²) in [6.07, 6.45) is 2.17. The Hall–Kier alpha value is -2.83. The third-order valence-electron chi connectivity index (χ3n) is 2.61. The largest absolute Gasteiger partial charge is 0.316 e. The van der Waals surface area contributed by atoms with Crippen molar-refractivity contribution >= 4 is 17.3 Å². The van der Waals surface area contributed by atoms with E-state index in [1.54, 1.807) is 13.0 Å². The fraction of sp³-hybridized carbons (Fsp3) is 0.0769. The summed E-state index contributed by atoms with van der Waals surface area (Å²) in [6.45, 7) is 1.73. The quantitative estimate of drug-likeness (QED) is 0.689. The fourth-order valence-corrected chi connectivity index (χ4v) is 1.66. The summed E-state index contributed by atoms with van der Waals surface area (Å²) in [5, 5.41) is 13.2. The lowest BCUT2D eigenvalue weighted by Gasteiger charge is -2.07. The van der Waals surface area contributed by atoms with E-state index >= 15 is 0 Å². The van der Waals surface area contributed by atoms with Crippen LogP contribution < -0.4 is 5.32 Å². The summed E-state index contributed by atoms with van der Waals surface area (Å²) in [5.74, 6) is -1.56. The molecule has 20 heavy (non-hydrogen) atoms. The number of amides is 1. The molecule has 1 aromatic carbocycles. The van der Waals surface area contributed by atoms with E-state index in [2.05, 4.69) is 10.3 Å². The highest BCUT2D eigenvalue weighted by Crippen LogP contribution is 2.25. The second-order valence-corrected chi connectivity index (χ2v) is 4.09. The molecule has 1 heterocycles. The van der Waals surface area contributed by atoms with Gasteiger partial charge in [0.2, 0.25) is 0 Å². The topological polar surface area (TPSA) is 85.1 Å². The number of carbonyl (C=O) groups is 1. The molecule has 7 heteroatoms. The standard InChI is InChI=1S/C13H10FN3O3/c1-8-2-3-12(17(19)20)11(6-8)16-13(18)9-4-5-15-7-10(9)14/h2-7H,1H3,(H,16,18). The summed E-state index contributed by atoms with van der Waals surface area (Å²) in [6, 6.07) is 5.50. The zero-order chi connectivity index (χ0) is 14.7. The minimum atomic E-state index is -0.791. The number of nitro benzene ring substituents is 1. The number of hydrogen-bond acceptors (Lipinski definition) is 4. The maximum atomic E-state index is 13.4. The van der Waals surface area contributed by atoms with Gasteiger partial charge in [-0.3, -0.25) is 19.9 Å². The molecule has 1 aromatic heterocycles. The van der Waals surface area contributed by atoms with E-state index in [0.29, 0.717) is 0 Å². The number of halogens is 1. The van der Waals surface area contributed by atoms with Crippen molar-refractivity contribution in [3.8, 4) is 0 Å². The number of rotatable bonds is 3. The number of pyridine rings is 1. The number of benzene rings is 1. The first-order valence-corrected chi connectivity index (χ1v) is 5.65. The van der Waals surface area contributed by atoms with Gasteiger partial charge in [0, 0.05) is 12.3 Å². The summed E-state index contributed by atoms with van der Waals surface area (Å²) < 4.78 is 13.4. The van der Waals surface area contributed by atoms with Crippen molar-refractivity contribution < 1.29 is 14.1 Å². The number of aryl methyl sites for hydroxylation is 1. The number of hydrogen-bond donors (Lipinski definition) is 1. The second kappa shape index (κ2) is 5.43. The Kier molecular flexibility index (Phi) is 3.69. The molecular formula is C13H10FN3O3. The van der Waals surface area contributed by atoms with Crippen LogP contribution in [-0.4, -0.2) is 15.8 Å². The number of nitro groups is 1. The van der Waals surface area contributed by atoms with Gasteiger partial charge in [0.05, 0.1) is 16.7 Å². The summed E-state index contributed by atoms with van der Waals surface area (Å²) in [4.78, 5) is 25.7. The van der Waals surface area contributed by atoms with Gasteiger partial charge >= 0.3 is 0 Å². The molecule has 0 aliphatic rings. The molecule has 1 amide bonds. The average Bonchev–Trinajstić information content (AvgIpc) is 2.38. The van der Waals surface area contributed by atoms with Crippen molar-refractivity contribution in [1.82, 2.24) is 4.98 Å². The van der Waals surface area contributed by atoms with Gasteiger partial charge in [0.1, 0.15) is 5.69 Å². The van der Waals surface area contributed by atoms with Crippen LogP contribution in [0.5, 0.6) is 0 Å². The number of nitrogens with one attached hydrogen (secondary N) is 1. The van der Waals surface area contributed by atoms with Gasteiger partial charge in [-0.1, -0.05) is 6.07 Å². The van der Waals surface area contributed by atoms with E-state index in [1.807, 2.05) is 0 Å². The molecule has 0 spiro atoms. The maximum Gasteiger partial charge on any atom is 0.292 e. The third-order valence-corrected chi connectivity index (χ3v) is 2.61. The molecule has 0 aliphatic carbocycles. The number of anilines is 1. The summed E-state index contributed by atoms with van der Waals surface area (Å²) >= 11 is 0. The monoisotopic (exact) mass is 275 g/mol. The predicted molar refractivity (Wildman–Crippen MR) is 70.0 cm³/mol. The van der Waals surface area contributed by atoms with Crippen molar-refractivity contribution in [2.45, 2.75) is 6.92 Å². The molecule has 102 valence electrons. The Bertz CT molecular complexity index is 688. The van der Waals surface area contributed by atoms with Crippen LogP contribution in [0, 0.1) is 22.9 Å². The van der Waals surface area contributed by atoms with E-state index in [1.165, 1.54) is 24.4 Å². The number of nitrogens with zero attached hydrogens (tertiary/aromatic N) is 2. The molecule has 0 unspecified atom stereocenters. The van der Waals surface area contributed by atoms with E-state index < -0.39 is 16.6 Å². The minimum Gasteiger partial charge on any atom is -0.316 e. The van der Waals surface area contributed by atoms with Gasteiger partial charge < -0.3 is 5.32 Å². The molecule has 0 radical (unpaired) electrons. The van der Waals surface area contributed by atoms with E-state index in [9.17, 15) is 19.3 Å². The van der Waals surface area contributed by atoms with Crippen LogP contribution in [0.2, 0.25) is 0 Å². The van der Waals surface area contributed by atoms with E-state index in [4.69, 9.17) is 0 Å². The van der Waals surface area contributed by atoms with Gasteiger partial charge in [0.25, 0.3) is 11.6 Å². The SMILES string of the molecule is Cc1ccc([N+](=O)[O-])c(NC(=O)c2ccncc2F)c1. The van der Waals surface area contributed by atoms with E-state index in [0.717, 1.165) is 11.8 Å². The van der Waals surface area contributed by atoms with Gasteiger partial charge in [0.15, 0.2) is 5.82 Å². The van der Waals surface area contributed by atoms with Crippen LogP contribution in [0.3, 0.4) is 0 Å². The van der Waals surface area contributed by atoms with Crippen LogP contribution in [0.15, 0.2) is 36.7 Å². The molecule has 0 aliphatic heterocycles. The van der Waals surface area contributed by atoms with Gasteiger partial charge in [-0.25, -0.2) is 4.39 Å². The first-order valence-electron chi connectivity index (χ1n) is 5.65. The molecule has 0 saturated carbocycles. The molecule has 0 saturated heterocycles. The third kappa shape index (κ3) is 2.77. The molecule has 1 N–H and O–H groups in total. The summed E-state index contributed by atoms with van der Waals surface area (Å²) in [7, 11) is 0. The lowest BCUT2D eigenvalue weighted by atomic mass is 10.1. The molecule has 0 atom stereocenters. The van der Waals surface area contributed by atoms with Crippen LogP contribution in [0.25, 0.3) is 0 Å². The number of aromatic nitrogens is 1. The fourth-order valence-electron chi connectivity index (χ4n) is 1.66. The van der Waals surface area contributed by atoms with Crippen molar-refractivity contribution in [3.05, 3.63) is 63.7 Å².